The number of rotatable bonds is 4. The molecular weight excluding hydrogens is 352 g/mol. The molecule has 0 unspecified atom stereocenters. The second-order valence-corrected chi connectivity index (χ2v) is 7.98. The normalized spacial score (nSPS) is 17.3. The van der Waals surface area contributed by atoms with Crippen LogP contribution < -0.4 is 0 Å². The summed E-state index contributed by atoms with van der Waals surface area (Å²) in [4.78, 5) is 13.6. The fourth-order valence-corrected chi connectivity index (χ4v) is 4.17. The van der Waals surface area contributed by atoms with E-state index in [9.17, 15) is 9.90 Å². The topological polar surface area (TPSA) is 93.0 Å². The number of nitrogens with one attached hydrogen (secondary N) is 1. The molecular formula is C19H23ClN4O2. The fraction of sp³-hybridized carbons (Fsp3) is 0.526. The highest BCUT2D eigenvalue weighted by Crippen LogP contribution is 2.46. The first-order chi connectivity index (χ1) is 12.3. The van der Waals surface area contributed by atoms with E-state index in [0.29, 0.717) is 18.1 Å². The van der Waals surface area contributed by atoms with Crippen molar-refractivity contribution < 1.29 is 9.90 Å². The van der Waals surface area contributed by atoms with Gasteiger partial charge in [-0.05, 0) is 36.3 Å². The fourth-order valence-electron chi connectivity index (χ4n) is 3.94. The lowest BCUT2D eigenvalue weighted by Crippen LogP contribution is -2.43. The molecule has 138 valence electrons. The molecule has 2 heterocycles. The summed E-state index contributed by atoms with van der Waals surface area (Å²) in [5.41, 5.74) is 1.15. The number of hydrogen-bond donors (Lipinski definition) is 2. The summed E-state index contributed by atoms with van der Waals surface area (Å²) in [6.45, 7) is 5.35. The molecule has 1 aromatic carbocycles. The average Bonchev–Trinajstić information content (AvgIpc) is 3.09. The van der Waals surface area contributed by atoms with Crippen molar-refractivity contribution in [2.75, 3.05) is 13.1 Å². The number of aliphatic hydroxyl groups excluding tert-OH is 1. The van der Waals surface area contributed by atoms with Gasteiger partial charge in [0.1, 0.15) is 6.42 Å². The molecule has 2 N–H and O–H groups in total. The summed E-state index contributed by atoms with van der Waals surface area (Å²) in [6.07, 6.45) is 2.51. The number of nitrogens with zero attached hydrogens (tertiary/aromatic N) is 3. The SMILES string of the molecule is CC(C)(C1CCN(C(=O)CC#N)CC1)[C@H](O)c1cc(Cl)cc2cn[nH]c12. The van der Waals surface area contributed by atoms with Crippen LogP contribution in [0.3, 0.4) is 0 Å². The van der Waals surface area contributed by atoms with Gasteiger partial charge in [0.25, 0.3) is 0 Å². The summed E-state index contributed by atoms with van der Waals surface area (Å²) in [5, 5.41) is 28.3. The first-order valence-corrected chi connectivity index (χ1v) is 9.17. The smallest absolute Gasteiger partial charge is 0.236 e. The van der Waals surface area contributed by atoms with Gasteiger partial charge in [0.2, 0.25) is 5.91 Å². The van der Waals surface area contributed by atoms with Gasteiger partial charge in [-0.2, -0.15) is 10.4 Å². The predicted molar refractivity (Wildman–Crippen MR) is 99.4 cm³/mol. The molecule has 26 heavy (non-hydrogen) atoms. The Balaban J connectivity index is 1.79. The van der Waals surface area contributed by atoms with Crippen molar-refractivity contribution in [3.8, 4) is 6.07 Å². The molecule has 0 bridgehead atoms. The molecule has 1 aliphatic heterocycles. The van der Waals surface area contributed by atoms with E-state index >= 15 is 0 Å². The zero-order valence-corrected chi connectivity index (χ0v) is 15.8. The van der Waals surface area contributed by atoms with Gasteiger partial charge in [-0.15, -0.1) is 0 Å². The van der Waals surface area contributed by atoms with Gasteiger partial charge in [0, 0.05) is 29.1 Å². The standard InChI is InChI=1S/C19H23ClN4O2/c1-19(2,13-4-7-24(8-5-13)16(25)3-6-21)18(26)15-10-14(20)9-12-11-22-23-17(12)15/h9-11,13,18,26H,3-5,7-8H2,1-2H3,(H,22,23)/t18-/m1/s1. The number of piperidine rings is 1. The quantitative estimate of drug-likeness (QED) is 0.857. The molecule has 0 radical (unpaired) electrons. The molecule has 6 nitrogen and oxygen atoms in total. The Labute approximate surface area is 157 Å². The number of aromatic nitrogens is 2. The molecule has 1 fully saturated rings. The third-order valence-electron chi connectivity index (χ3n) is 5.67. The summed E-state index contributed by atoms with van der Waals surface area (Å²) < 4.78 is 0. The number of halogens is 1. The first-order valence-electron chi connectivity index (χ1n) is 8.80. The van der Waals surface area contributed by atoms with Crippen molar-refractivity contribution in [1.82, 2.24) is 15.1 Å². The van der Waals surface area contributed by atoms with Crippen LogP contribution in [0.15, 0.2) is 18.3 Å². The minimum atomic E-state index is -0.712. The van der Waals surface area contributed by atoms with Gasteiger partial charge >= 0.3 is 0 Å². The molecule has 1 aromatic heterocycles. The summed E-state index contributed by atoms with van der Waals surface area (Å²) in [7, 11) is 0. The molecule has 1 atom stereocenters. The van der Waals surface area contributed by atoms with E-state index in [0.717, 1.165) is 29.3 Å². The lowest BCUT2D eigenvalue weighted by molar-refractivity contribution is -0.132. The molecule has 1 saturated heterocycles. The number of H-pyrrole nitrogens is 1. The average molecular weight is 375 g/mol. The van der Waals surface area contributed by atoms with E-state index < -0.39 is 11.5 Å². The lowest BCUT2D eigenvalue weighted by atomic mass is 9.68. The van der Waals surface area contributed by atoms with Crippen LogP contribution in [0.1, 0.15) is 44.8 Å². The summed E-state index contributed by atoms with van der Waals surface area (Å²) in [5.74, 6) is 0.138. The van der Waals surface area contributed by atoms with Crippen LogP contribution >= 0.6 is 11.6 Å². The van der Waals surface area contributed by atoms with E-state index in [1.165, 1.54) is 0 Å². The number of carbonyl (C=O) groups is 1. The number of likely N-dealkylation sites (tertiary alicyclic amines) is 1. The van der Waals surface area contributed by atoms with Crippen LogP contribution in [0.5, 0.6) is 0 Å². The Morgan fingerprint density at radius 2 is 2.19 bits per heavy atom. The monoisotopic (exact) mass is 374 g/mol. The second-order valence-electron chi connectivity index (χ2n) is 7.54. The summed E-state index contributed by atoms with van der Waals surface area (Å²) in [6, 6.07) is 5.53. The van der Waals surface area contributed by atoms with Gasteiger partial charge in [-0.1, -0.05) is 25.4 Å². The van der Waals surface area contributed by atoms with E-state index in [4.69, 9.17) is 16.9 Å². The third kappa shape index (κ3) is 3.42. The molecule has 0 spiro atoms. The highest BCUT2D eigenvalue weighted by atomic mass is 35.5. The number of hydrogen-bond acceptors (Lipinski definition) is 4. The Kier molecular flexibility index (Phi) is 5.22. The second kappa shape index (κ2) is 7.26. The molecule has 2 aromatic rings. The highest BCUT2D eigenvalue weighted by Gasteiger charge is 2.40. The first kappa shape index (κ1) is 18.7. The summed E-state index contributed by atoms with van der Waals surface area (Å²) >= 11 is 6.22. The van der Waals surface area contributed by atoms with Crippen molar-refractivity contribution in [1.29, 1.82) is 5.26 Å². The van der Waals surface area contributed by atoms with E-state index in [1.807, 2.05) is 12.1 Å². The van der Waals surface area contributed by atoms with Crippen molar-refractivity contribution in [3.63, 3.8) is 0 Å². The minimum Gasteiger partial charge on any atom is -0.388 e. The number of fused-ring (bicyclic) bond motifs is 1. The van der Waals surface area contributed by atoms with Crippen LogP contribution in [0.25, 0.3) is 10.9 Å². The number of carbonyl (C=O) groups excluding carboxylic acids is 1. The number of benzene rings is 1. The molecule has 0 aliphatic carbocycles. The maximum Gasteiger partial charge on any atom is 0.236 e. The van der Waals surface area contributed by atoms with Crippen molar-refractivity contribution >= 4 is 28.4 Å². The van der Waals surface area contributed by atoms with Crippen molar-refractivity contribution in [2.24, 2.45) is 11.3 Å². The molecule has 7 heteroatoms. The highest BCUT2D eigenvalue weighted by molar-refractivity contribution is 6.31. The molecule has 3 rings (SSSR count). The van der Waals surface area contributed by atoms with Gasteiger partial charge < -0.3 is 10.0 Å². The van der Waals surface area contributed by atoms with Crippen LogP contribution in [0.2, 0.25) is 5.02 Å². The van der Waals surface area contributed by atoms with Crippen molar-refractivity contribution in [2.45, 2.75) is 39.2 Å². The van der Waals surface area contributed by atoms with Crippen LogP contribution in [0.4, 0.5) is 0 Å². The maximum atomic E-state index is 11.9. The van der Waals surface area contributed by atoms with Gasteiger partial charge in [-0.25, -0.2) is 0 Å². The third-order valence-corrected chi connectivity index (χ3v) is 5.89. The van der Waals surface area contributed by atoms with Gasteiger partial charge in [0.05, 0.1) is 23.9 Å². The Morgan fingerprint density at radius 1 is 1.50 bits per heavy atom. The zero-order chi connectivity index (χ0) is 18.9. The minimum absolute atomic E-state index is 0.0724. The molecule has 1 amide bonds. The number of amides is 1. The van der Waals surface area contributed by atoms with Crippen LogP contribution in [-0.4, -0.2) is 39.2 Å². The van der Waals surface area contributed by atoms with Gasteiger partial charge in [0.15, 0.2) is 0 Å². The number of aliphatic hydroxyl groups is 1. The number of nitriles is 1. The van der Waals surface area contributed by atoms with E-state index in [2.05, 4.69) is 24.0 Å². The Hall–Kier alpha value is -2.10. The van der Waals surface area contributed by atoms with Crippen LogP contribution in [0, 0.1) is 22.7 Å². The van der Waals surface area contributed by atoms with Crippen molar-refractivity contribution in [3.05, 3.63) is 28.9 Å². The Morgan fingerprint density at radius 3 is 2.85 bits per heavy atom. The van der Waals surface area contributed by atoms with E-state index in [-0.39, 0.29) is 18.2 Å². The zero-order valence-electron chi connectivity index (χ0n) is 15.0. The Bertz CT molecular complexity index is 847. The molecule has 0 saturated carbocycles. The van der Waals surface area contributed by atoms with Crippen LogP contribution in [-0.2, 0) is 4.79 Å². The molecule has 1 aliphatic rings. The largest absolute Gasteiger partial charge is 0.388 e. The lowest BCUT2D eigenvalue weighted by Gasteiger charge is -2.43. The van der Waals surface area contributed by atoms with Gasteiger partial charge in [-0.3, -0.25) is 9.89 Å². The maximum absolute atomic E-state index is 11.9. The number of aromatic amines is 1. The predicted octanol–water partition coefficient (Wildman–Crippen LogP) is 3.43. The van der Waals surface area contributed by atoms with E-state index in [1.54, 1.807) is 17.2 Å².